The summed E-state index contributed by atoms with van der Waals surface area (Å²) in [5, 5.41) is 5.47. The summed E-state index contributed by atoms with van der Waals surface area (Å²) in [7, 11) is 1.58. The summed E-state index contributed by atoms with van der Waals surface area (Å²) in [6, 6.07) is 11.7. The highest BCUT2D eigenvalue weighted by Crippen LogP contribution is 2.29. The summed E-state index contributed by atoms with van der Waals surface area (Å²) >= 11 is 0. The van der Waals surface area contributed by atoms with Crippen molar-refractivity contribution in [2.45, 2.75) is 32.7 Å². The highest BCUT2D eigenvalue weighted by atomic mass is 16.5. The van der Waals surface area contributed by atoms with Gasteiger partial charge in [-0.05, 0) is 56.7 Å². The van der Waals surface area contributed by atoms with E-state index in [2.05, 4.69) is 10.6 Å². The first-order valence-electron chi connectivity index (χ1n) is 10.3. The maximum Gasteiger partial charge on any atom is 0.262 e. The van der Waals surface area contributed by atoms with Gasteiger partial charge in [-0.1, -0.05) is 12.1 Å². The molecule has 1 aliphatic heterocycles. The fraction of sp³-hybridized carbons (Fsp3) is 0.333. The fourth-order valence-corrected chi connectivity index (χ4v) is 3.46. The number of fused-ring (bicyclic) bond motifs is 1. The van der Waals surface area contributed by atoms with E-state index < -0.39 is 11.4 Å². The predicted molar refractivity (Wildman–Crippen MR) is 119 cm³/mol. The van der Waals surface area contributed by atoms with Gasteiger partial charge < -0.3 is 15.4 Å². The number of methoxy groups -OCH3 is 1. The van der Waals surface area contributed by atoms with Crippen LogP contribution in [0.3, 0.4) is 0 Å². The van der Waals surface area contributed by atoms with E-state index in [0.29, 0.717) is 5.56 Å². The van der Waals surface area contributed by atoms with Gasteiger partial charge in [-0.2, -0.15) is 0 Å². The molecule has 0 aromatic heterocycles. The molecule has 3 rings (SSSR count). The SMILES string of the molecule is COc1ccc(CC(=O)NCCNC(=O)c2ccc3c(c2)C(=O)N(C(C)(C)C)C3=O)cc1. The standard InChI is InChI=1S/C24H27N3O5/c1-24(2,3)27-22(30)18-10-7-16(14-19(18)23(27)31)21(29)26-12-11-25-20(28)13-15-5-8-17(32-4)9-6-15/h5-10,14H,11-13H2,1-4H3,(H,25,28)(H,26,29). The van der Waals surface area contributed by atoms with Gasteiger partial charge in [0.25, 0.3) is 17.7 Å². The Morgan fingerprint density at radius 3 is 2.16 bits per heavy atom. The molecule has 2 N–H and O–H groups in total. The highest BCUT2D eigenvalue weighted by molar-refractivity contribution is 6.22. The molecule has 0 saturated carbocycles. The van der Waals surface area contributed by atoms with Crippen molar-refractivity contribution in [2.75, 3.05) is 20.2 Å². The summed E-state index contributed by atoms with van der Waals surface area (Å²) in [4.78, 5) is 50.9. The zero-order valence-electron chi connectivity index (χ0n) is 18.7. The van der Waals surface area contributed by atoms with Crippen molar-refractivity contribution in [1.82, 2.24) is 15.5 Å². The molecule has 4 amide bonds. The van der Waals surface area contributed by atoms with Crippen molar-refractivity contribution in [1.29, 1.82) is 0 Å². The molecule has 0 saturated heterocycles. The average Bonchev–Trinajstić information content (AvgIpc) is 3.01. The molecule has 0 bridgehead atoms. The molecule has 168 valence electrons. The van der Waals surface area contributed by atoms with Crippen LogP contribution in [0.25, 0.3) is 0 Å². The molecule has 1 heterocycles. The number of amides is 4. The summed E-state index contributed by atoms with van der Waals surface area (Å²) in [5.74, 6) is -0.581. The molecule has 32 heavy (non-hydrogen) atoms. The van der Waals surface area contributed by atoms with E-state index in [1.165, 1.54) is 23.1 Å². The molecule has 0 fully saturated rings. The largest absolute Gasteiger partial charge is 0.497 e. The van der Waals surface area contributed by atoms with E-state index in [-0.39, 0.29) is 48.4 Å². The fourth-order valence-electron chi connectivity index (χ4n) is 3.46. The Labute approximate surface area is 186 Å². The molecule has 0 unspecified atom stereocenters. The van der Waals surface area contributed by atoms with Gasteiger partial charge in [0, 0.05) is 24.2 Å². The Hall–Kier alpha value is -3.68. The summed E-state index contributed by atoms with van der Waals surface area (Å²) in [6.45, 7) is 5.84. The summed E-state index contributed by atoms with van der Waals surface area (Å²) < 4.78 is 5.09. The van der Waals surface area contributed by atoms with Crippen molar-refractivity contribution in [3.05, 3.63) is 64.7 Å². The highest BCUT2D eigenvalue weighted by Gasteiger charge is 2.42. The van der Waals surface area contributed by atoms with Crippen LogP contribution in [0.1, 0.15) is 57.4 Å². The Balaban J connectivity index is 1.51. The van der Waals surface area contributed by atoms with Crippen LogP contribution in [0.4, 0.5) is 0 Å². The normalized spacial score (nSPS) is 13.1. The van der Waals surface area contributed by atoms with E-state index >= 15 is 0 Å². The number of carbonyl (C=O) groups is 4. The monoisotopic (exact) mass is 437 g/mol. The number of hydrogen-bond acceptors (Lipinski definition) is 5. The Morgan fingerprint density at radius 1 is 0.906 bits per heavy atom. The van der Waals surface area contributed by atoms with Crippen molar-refractivity contribution >= 4 is 23.6 Å². The number of imide groups is 1. The van der Waals surface area contributed by atoms with Crippen LogP contribution < -0.4 is 15.4 Å². The lowest BCUT2D eigenvalue weighted by Crippen LogP contribution is -2.45. The summed E-state index contributed by atoms with van der Waals surface area (Å²) in [6.07, 6.45) is 0.225. The maximum absolute atomic E-state index is 12.7. The zero-order valence-corrected chi connectivity index (χ0v) is 18.7. The van der Waals surface area contributed by atoms with Gasteiger partial charge in [-0.3, -0.25) is 24.1 Å². The molecule has 0 spiro atoms. The Bertz CT molecular complexity index is 1050. The molecule has 0 atom stereocenters. The van der Waals surface area contributed by atoms with Crippen LogP contribution in [-0.2, 0) is 11.2 Å². The first kappa shape index (κ1) is 23.0. The second kappa shape index (κ2) is 9.21. The molecule has 2 aromatic rings. The number of nitrogens with zero attached hydrogens (tertiary/aromatic N) is 1. The van der Waals surface area contributed by atoms with Crippen LogP contribution in [0.2, 0.25) is 0 Å². The van der Waals surface area contributed by atoms with Gasteiger partial charge in [0.2, 0.25) is 5.91 Å². The van der Waals surface area contributed by atoms with Gasteiger partial charge in [-0.15, -0.1) is 0 Å². The third kappa shape index (κ3) is 4.96. The Morgan fingerprint density at radius 2 is 1.53 bits per heavy atom. The molecule has 1 aliphatic rings. The Kier molecular flexibility index (Phi) is 6.62. The molecule has 0 radical (unpaired) electrons. The van der Waals surface area contributed by atoms with E-state index in [1.54, 1.807) is 40.0 Å². The van der Waals surface area contributed by atoms with Gasteiger partial charge in [-0.25, -0.2) is 0 Å². The molecule has 2 aromatic carbocycles. The average molecular weight is 437 g/mol. The van der Waals surface area contributed by atoms with E-state index in [1.807, 2.05) is 12.1 Å². The number of nitrogens with one attached hydrogen (secondary N) is 2. The van der Waals surface area contributed by atoms with Crippen molar-refractivity contribution in [3.63, 3.8) is 0 Å². The van der Waals surface area contributed by atoms with Crippen LogP contribution in [0.5, 0.6) is 5.75 Å². The third-order valence-electron chi connectivity index (χ3n) is 5.08. The predicted octanol–water partition coefficient (Wildman–Crippen LogP) is 2.18. The minimum Gasteiger partial charge on any atom is -0.497 e. The molecule has 8 heteroatoms. The molecular weight excluding hydrogens is 410 g/mol. The number of hydrogen-bond donors (Lipinski definition) is 2. The van der Waals surface area contributed by atoms with Gasteiger partial charge in [0.15, 0.2) is 0 Å². The lowest BCUT2D eigenvalue weighted by atomic mass is 10.1. The maximum atomic E-state index is 12.7. The number of benzene rings is 2. The van der Waals surface area contributed by atoms with Crippen molar-refractivity contribution in [2.24, 2.45) is 0 Å². The van der Waals surface area contributed by atoms with E-state index in [9.17, 15) is 19.2 Å². The zero-order chi connectivity index (χ0) is 23.5. The second-order valence-corrected chi connectivity index (χ2v) is 8.51. The second-order valence-electron chi connectivity index (χ2n) is 8.51. The van der Waals surface area contributed by atoms with Crippen LogP contribution in [0, 0.1) is 0 Å². The minimum absolute atomic E-state index is 0.159. The molecule has 8 nitrogen and oxygen atoms in total. The third-order valence-corrected chi connectivity index (χ3v) is 5.08. The minimum atomic E-state index is -0.653. The lowest BCUT2D eigenvalue weighted by molar-refractivity contribution is -0.120. The quantitative estimate of drug-likeness (QED) is 0.510. The number of carbonyl (C=O) groups excluding carboxylic acids is 4. The van der Waals surface area contributed by atoms with Crippen LogP contribution >= 0.6 is 0 Å². The van der Waals surface area contributed by atoms with Gasteiger partial charge in [0.05, 0.1) is 24.7 Å². The van der Waals surface area contributed by atoms with E-state index in [0.717, 1.165) is 11.3 Å². The first-order valence-corrected chi connectivity index (χ1v) is 10.3. The topological polar surface area (TPSA) is 105 Å². The van der Waals surface area contributed by atoms with Gasteiger partial charge >= 0.3 is 0 Å². The van der Waals surface area contributed by atoms with Crippen molar-refractivity contribution in [3.8, 4) is 5.75 Å². The van der Waals surface area contributed by atoms with E-state index in [4.69, 9.17) is 4.74 Å². The smallest absolute Gasteiger partial charge is 0.262 e. The number of rotatable bonds is 7. The molecular formula is C24H27N3O5. The van der Waals surface area contributed by atoms with Crippen LogP contribution in [-0.4, -0.2) is 54.3 Å². The molecule has 0 aliphatic carbocycles. The lowest BCUT2D eigenvalue weighted by Gasteiger charge is -2.29. The van der Waals surface area contributed by atoms with Crippen molar-refractivity contribution < 1.29 is 23.9 Å². The van der Waals surface area contributed by atoms with Gasteiger partial charge in [0.1, 0.15) is 5.75 Å². The van der Waals surface area contributed by atoms with Crippen LogP contribution in [0.15, 0.2) is 42.5 Å². The number of ether oxygens (including phenoxy) is 1. The first-order chi connectivity index (χ1) is 15.1. The summed E-state index contributed by atoms with van der Waals surface area (Å²) in [5.41, 5.74) is 1.01.